The Balaban J connectivity index is 1.96. The van der Waals surface area contributed by atoms with Gasteiger partial charge in [0, 0.05) is 18.1 Å². The quantitative estimate of drug-likeness (QED) is 0.575. The second-order valence-electron chi connectivity index (χ2n) is 5.25. The number of amides is 1. The van der Waals surface area contributed by atoms with Crippen LogP contribution < -0.4 is 0 Å². The van der Waals surface area contributed by atoms with Gasteiger partial charge in [0.1, 0.15) is 0 Å². The summed E-state index contributed by atoms with van der Waals surface area (Å²) in [7, 11) is 0. The first-order chi connectivity index (χ1) is 10.6. The van der Waals surface area contributed by atoms with Crippen molar-refractivity contribution in [2.45, 2.75) is 19.3 Å². The Hall–Kier alpha value is -0.550. The molecule has 1 aromatic carbocycles. The Bertz CT molecular complexity index is 693. The number of hydrogen-bond acceptors (Lipinski definition) is 2. The third kappa shape index (κ3) is 3.21. The van der Waals surface area contributed by atoms with Gasteiger partial charge in [-0.3, -0.25) is 4.79 Å². The normalized spacial score (nSPS) is 15.1. The third-order valence-corrected chi connectivity index (χ3v) is 6.42. The largest absolute Gasteiger partial charge is 0.339 e. The lowest BCUT2D eigenvalue weighted by atomic mass is 10.1. The monoisotopic (exact) mass is 417 g/mol. The van der Waals surface area contributed by atoms with Gasteiger partial charge in [-0.05, 0) is 52.9 Å². The van der Waals surface area contributed by atoms with E-state index in [2.05, 4.69) is 15.9 Å². The predicted octanol–water partition coefficient (Wildman–Crippen LogP) is 6.11. The number of benzene rings is 1. The van der Waals surface area contributed by atoms with Crippen molar-refractivity contribution in [3.63, 3.8) is 0 Å². The van der Waals surface area contributed by atoms with E-state index in [0.717, 1.165) is 40.2 Å². The average molecular weight is 419 g/mol. The zero-order valence-corrected chi connectivity index (χ0v) is 15.7. The summed E-state index contributed by atoms with van der Waals surface area (Å²) in [5.41, 5.74) is 1.55. The van der Waals surface area contributed by atoms with Gasteiger partial charge in [0.15, 0.2) is 0 Å². The highest BCUT2D eigenvalue weighted by Gasteiger charge is 2.26. The van der Waals surface area contributed by atoms with E-state index in [-0.39, 0.29) is 5.91 Å². The van der Waals surface area contributed by atoms with E-state index in [1.807, 2.05) is 29.2 Å². The van der Waals surface area contributed by atoms with Crippen LogP contribution in [-0.2, 0) is 0 Å². The molecule has 2 nitrogen and oxygen atoms in total. The summed E-state index contributed by atoms with van der Waals surface area (Å²) in [5, 5.41) is 1.20. The van der Waals surface area contributed by atoms with E-state index in [4.69, 9.17) is 23.2 Å². The van der Waals surface area contributed by atoms with Gasteiger partial charge in [0.25, 0.3) is 5.91 Å². The molecule has 0 unspecified atom stereocenters. The van der Waals surface area contributed by atoms with Gasteiger partial charge < -0.3 is 4.90 Å². The van der Waals surface area contributed by atoms with Crippen molar-refractivity contribution >= 4 is 56.4 Å². The van der Waals surface area contributed by atoms with Gasteiger partial charge in [0.05, 0.1) is 19.2 Å². The van der Waals surface area contributed by atoms with Crippen molar-refractivity contribution in [3.8, 4) is 10.4 Å². The van der Waals surface area contributed by atoms with Crippen molar-refractivity contribution in [2.24, 2.45) is 0 Å². The minimum Gasteiger partial charge on any atom is -0.339 e. The van der Waals surface area contributed by atoms with Gasteiger partial charge in [-0.25, -0.2) is 0 Å². The van der Waals surface area contributed by atoms with E-state index >= 15 is 0 Å². The number of hydrogen-bond donors (Lipinski definition) is 0. The van der Waals surface area contributed by atoms with Gasteiger partial charge in [-0.1, -0.05) is 35.3 Å². The van der Waals surface area contributed by atoms with Gasteiger partial charge in [0.2, 0.25) is 0 Å². The number of carbonyl (C=O) groups is 1. The molecule has 2 heterocycles. The Labute approximate surface area is 152 Å². The molecule has 0 aliphatic carbocycles. The standard InChI is InChI=1S/C16H14BrCl2NOS/c17-15-12(16(21)20-8-2-1-3-9-20)13(19)14(22-15)10-4-6-11(18)7-5-10/h4-7H,1-3,8-9H2. The van der Waals surface area contributed by atoms with E-state index in [0.29, 0.717) is 15.6 Å². The molecular weight excluding hydrogens is 405 g/mol. The molecule has 1 fully saturated rings. The molecule has 1 aromatic heterocycles. The first-order valence-electron chi connectivity index (χ1n) is 7.11. The topological polar surface area (TPSA) is 20.3 Å². The van der Waals surface area contributed by atoms with Crippen molar-refractivity contribution in [1.82, 2.24) is 4.90 Å². The van der Waals surface area contributed by atoms with Gasteiger partial charge >= 0.3 is 0 Å². The van der Waals surface area contributed by atoms with Crippen molar-refractivity contribution in [2.75, 3.05) is 13.1 Å². The van der Waals surface area contributed by atoms with E-state index in [1.54, 1.807) is 0 Å². The van der Waals surface area contributed by atoms with Crippen molar-refractivity contribution in [3.05, 3.63) is 43.7 Å². The highest BCUT2D eigenvalue weighted by Crippen LogP contribution is 2.44. The Morgan fingerprint density at radius 3 is 2.36 bits per heavy atom. The maximum atomic E-state index is 12.7. The molecule has 6 heteroatoms. The number of likely N-dealkylation sites (tertiary alicyclic amines) is 1. The fourth-order valence-electron chi connectivity index (χ4n) is 2.61. The molecule has 22 heavy (non-hydrogen) atoms. The molecule has 1 aliphatic rings. The minimum absolute atomic E-state index is 0.0213. The first-order valence-corrected chi connectivity index (χ1v) is 9.47. The molecule has 116 valence electrons. The lowest BCUT2D eigenvalue weighted by molar-refractivity contribution is 0.0724. The van der Waals surface area contributed by atoms with Crippen LogP contribution in [0.25, 0.3) is 10.4 Å². The lowest BCUT2D eigenvalue weighted by Gasteiger charge is -2.26. The van der Waals surface area contributed by atoms with E-state index in [9.17, 15) is 4.79 Å². The van der Waals surface area contributed by atoms with Crippen molar-refractivity contribution in [1.29, 1.82) is 0 Å². The number of halogens is 3. The summed E-state index contributed by atoms with van der Waals surface area (Å²) in [4.78, 5) is 15.5. The van der Waals surface area contributed by atoms with Crippen LogP contribution in [-0.4, -0.2) is 23.9 Å². The molecule has 3 rings (SSSR count). The maximum absolute atomic E-state index is 12.7. The first kappa shape index (κ1) is 16.3. The van der Waals surface area contributed by atoms with Crippen LogP contribution in [0.4, 0.5) is 0 Å². The zero-order chi connectivity index (χ0) is 15.7. The second kappa shape index (κ2) is 6.91. The highest BCUT2D eigenvalue weighted by atomic mass is 79.9. The molecule has 1 saturated heterocycles. The Morgan fingerprint density at radius 2 is 1.73 bits per heavy atom. The van der Waals surface area contributed by atoms with Crippen LogP contribution >= 0.6 is 50.5 Å². The SMILES string of the molecule is O=C(c1c(Br)sc(-c2ccc(Cl)cc2)c1Cl)N1CCCCC1. The molecule has 1 aliphatic heterocycles. The molecule has 1 amide bonds. The molecule has 0 saturated carbocycles. The van der Waals surface area contributed by atoms with Crippen LogP contribution in [0.15, 0.2) is 28.1 Å². The molecule has 2 aromatic rings. The summed E-state index contributed by atoms with van der Waals surface area (Å²) in [6, 6.07) is 7.49. The maximum Gasteiger partial charge on any atom is 0.257 e. The summed E-state index contributed by atoms with van der Waals surface area (Å²) in [5.74, 6) is 0.0213. The Morgan fingerprint density at radius 1 is 1.09 bits per heavy atom. The molecule has 0 bridgehead atoms. The number of carbonyl (C=O) groups excluding carboxylic acids is 1. The fourth-order valence-corrected chi connectivity index (χ4v) is 5.07. The van der Waals surface area contributed by atoms with Crippen LogP contribution in [0.3, 0.4) is 0 Å². The van der Waals surface area contributed by atoms with E-state index in [1.165, 1.54) is 17.8 Å². The van der Waals surface area contributed by atoms with E-state index < -0.39 is 0 Å². The average Bonchev–Trinajstić information content (AvgIpc) is 2.83. The number of thiophene rings is 1. The number of piperidine rings is 1. The van der Waals surface area contributed by atoms with Crippen LogP contribution in [0.1, 0.15) is 29.6 Å². The van der Waals surface area contributed by atoms with Gasteiger partial charge in [-0.2, -0.15) is 0 Å². The van der Waals surface area contributed by atoms with Crippen LogP contribution in [0.2, 0.25) is 10.0 Å². The third-order valence-electron chi connectivity index (χ3n) is 3.77. The molecule has 0 spiro atoms. The summed E-state index contributed by atoms with van der Waals surface area (Å²) < 4.78 is 0.790. The van der Waals surface area contributed by atoms with Crippen LogP contribution in [0, 0.1) is 0 Å². The smallest absolute Gasteiger partial charge is 0.257 e. The zero-order valence-electron chi connectivity index (χ0n) is 11.7. The summed E-state index contributed by atoms with van der Waals surface area (Å²) in [6.07, 6.45) is 3.32. The molecule has 0 radical (unpaired) electrons. The molecule has 0 atom stereocenters. The summed E-state index contributed by atoms with van der Waals surface area (Å²) in [6.45, 7) is 1.63. The second-order valence-corrected chi connectivity index (χ2v) is 8.41. The minimum atomic E-state index is 0.0213. The lowest BCUT2D eigenvalue weighted by Crippen LogP contribution is -2.35. The number of nitrogens with zero attached hydrogens (tertiary/aromatic N) is 1. The van der Waals surface area contributed by atoms with Crippen LogP contribution in [0.5, 0.6) is 0 Å². The van der Waals surface area contributed by atoms with Gasteiger partial charge in [-0.15, -0.1) is 11.3 Å². The fraction of sp³-hybridized carbons (Fsp3) is 0.312. The number of rotatable bonds is 2. The molecular formula is C16H14BrCl2NOS. The van der Waals surface area contributed by atoms with Crippen molar-refractivity contribution < 1.29 is 4.79 Å². The molecule has 0 N–H and O–H groups in total. The Kier molecular flexibility index (Phi) is 5.13. The summed E-state index contributed by atoms with van der Waals surface area (Å²) >= 11 is 17.4. The highest BCUT2D eigenvalue weighted by molar-refractivity contribution is 9.11. The predicted molar refractivity (Wildman–Crippen MR) is 97.2 cm³/mol.